The Balaban J connectivity index is 2.33. The highest BCUT2D eigenvalue weighted by molar-refractivity contribution is 9.10. The normalized spacial score (nSPS) is 22.1. The van der Waals surface area contributed by atoms with Crippen LogP contribution in [0.4, 0.5) is 0 Å². The number of nitrogens with one attached hydrogen (secondary N) is 1. The van der Waals surface area contributed by atoms with E-state index in [9.17, 15) is 4.79 Å². The lowest BCUT2D eigenvalue weighted by Gasteiger charge is -2.28. The summed E-state index contributed by atoms with van der Waals surface area (Å²) in [6, 6.07) is 0.337. The predicted octanol–water partition coefficient (Wildman–Crippen LogP) is 3.24. The van der Waals surface area contributed by atoms with Crippen molar-refractivity contribution in [1.82, 2.24) is 5.32 Å². The molecule has 0 aromatic rings. The van der Waals surface area contributed by atoms with Gasteiger partial charge in [-0.25, -0.2) is 0 Å². The first kappa shape index (κ1) is 13.0. The third-order valence-electron chi connectivity index (χ3n) is 3.37. The molecule has 1 fully saturated rings. The molecule has 88 valence electrons. The van der Waals surface area contributed by atoms with Crippen molar-refractivity contribution in [3.05, 3.63) is 0 Å². The molecule has 1 aliphatic rings. The van der Waals surface area contributed by atoms with E-state index in [1.54, 1.807) is 0 Å². The smallest absolute Gasteiger partial charge is 0.233 e. The molecule has 2 nitrogen and oxygen atoms in total. The van der Waals surface area contributed by atoms with Crippen LogP contribution in [-0.4, -0.2) is 16.8 Å². The maximum Gasteiger partial charge on any atom is 0.233 e. The third-order valence-corrected chi connectivity index (χ3v) is 4.43. The molecule has 1 saturated carbocycles. The molecule has 1 aliphatic carbocycles. The Morgan fingerprint density at radius 3 is 2.53 bits per heavy atom. The number of hydrogen-bond acceptors (Lipinski definition) is 1. The zero-order valence-electron chi connectivity index (χ0n) is 9.76. The Kier molecular flexibility index (Phi) is 5.65. The van der Waals surface area contributed by atoms with Crippen LogP contribution in [0.5, 0.6) is 0 Å². The first-order valence-electron chi connectivity index (χ1n) is 6.09. The van der Waals surface area contributed by atoms with Gasteiger partial charge in [0.1, 0.15) is 0 Å². The SMILES string of the molecule is CCC(Br)C(=O)NC(C)C1CCCCC1. The number of amides is 1. The van der Waals surface area contributed by atoms with Crippen LogP contribution in [0.1, 0.15) is 52.4 Å². The van der Waals surface area contributed by atoms with Crippen LogP contribution >= 0.6 is 15.9 Å². The van der Waals surface area contributed by atoms with Gasteiger partial charge in [0.2, 0.25) is 5.91 Å². The average molecular weight is 276 g/mol. The number of hydrogen-bond donors (Lipinski definition) is 1. The lowest BCUT2D eigenvalue weighted by Crippen LogP contribution is -2.42. The first-order chi connectivity index (χ1) is 7.15. The molecular weight excluding hydrogens is 254 g/mol. The highest BCUT2D eigenvalue weighted by Gasteiger charge is 2.23. The molecule has 0 bridgehead atoms. The molecule has 1 amide bonds. The van der Waals surface area contributed by atoms with Gasteiger partial charge >= 0.3 is 0 Å². The van der Waals surface area contributed by atoms with Crippen LogP contribution in [0.25, 0.3) is 0 Å². The summed E-state index contributed by atoms with van der Waals surface area (Å²) in [6.07, 6.45) is 7.43. The molecule has 0 spiro atoms. The summed E-state index contributed by atoms with van der Waals surface area (Å²) in [7, 11) is 0. The first-order valence-corrected chi connectivity index (χ1v) is 7.01. The monoisotopic (exact) mass is 275 g/mol. The van der Waals surface area contributed by atoms with Crippen molar-refractivity contribution in [2.24, 2.45) is 5.92 Å². The molecule has 0 aliphatic heterocycles. The van der Waals surface area contributed by atoms with E-state index in [4.69, 9.17) is 0 Å². The molecule has 0 aromatic carbocycles. The van der Waals surface area contributed by atoms with E-state index < -0.39 is 0 Å². The van der Waals surface area contributed by atoms with Gasteiger partial charge in [0, 0.05) is 6.04 Å². The van der Waals surface area contributed by atoms with Crippen molar-refractivity contribution in [1.29, 1.82) is 0 Å². The summed E-state index contributed by atoms with van der Waals surface area (Å²) in [5.74, 6) is 0.842. The van der Waals surface area contributed by atoms with Crippen LogP contribution in [0.3, 0.4) is 0 Å². The van der Waals surface area contributed by atoms with Crippen molar-refractivity contribution >= 4 is 21.8 Å². The Morgan fingerprint density at radius 2 is 2.00 bits per heavy atom. The molecule has 0 heterocycles. The summed E-state index contributed by atoms with van der Waals surface area (Å²) in [5.41, 5.74) is 0. The van der Waals surface area contributed by atoms with Crippen LogP contribution in [0.15, 0.2) is 0 Å². The van der Waals surface area contributed by atoms with Gasteiger partial charge in [-0.05, 0) is 32.1 Å². The Morgan fingerprint density at radius 1 is 1.40 bits per heavy atom. The van der Waals surface area contributed by atoms with Gasteiger partial charge in [0.15, 0.2) is 0 Å². The second-order valence-corrected chi connectivity index (χ2v) is 5.68. The van der Waals surface area contributed by atoms with E-state index in [1.165, 1.54) is 32.1 Å². The third kappa shape index (κ3) is 4.13. The summed E-state index contributed by atoms with van der Waals surface area (Å²) in [5, 5.41) is 3.11. The van der Waals surface area contributed by atoms with Gasteiger partial charge < -0.3 is 5.32 Å². The molecule has 2 unspecified atom stereocenters. The van der Waals surface area contributed by atoms with Gasteiger partial charge in [0.25, 0.3) is 0 Å². The lowest BCUT2D eigenvalue weighted by atomic mass is 9.84. The van der Waals surface area contributed by atoms with Crippen molar-refractivity contribution in [2.75, 3.05) is 0 Å². The molecule has 0 radical (unpaired) electrons. The van der Waals surface area contributed by atoms with E-state index in [-0.39, 0.29) is 10.7 Å². The summed E-state index contributed by atoms with van der Waals surface area (Å²) < 4.78 is 0. The fourth-order valence-corrected chi connectivity index (χ4v) is 2.38. The van der Waals surface area contributed by atoms with Crippen LogP contribution in [0.2, 0.25) is 0 Å². The number of halogens is 1. The highest BCUT2D eigenvalue weighted by Crippen LogP contribution is 2.26. The number of alkyl halides is 1. The van der Waals surface area contributed by atoms with Crippen LogP contribution < -0.4 is 5.32 Å². The van der Waals surface area contributed by atoms with Crippen molar-refractivity contribution in [3.8, 4) is 0 Å². The van der Waals surface area contributed by atoms with E-state index in [1.807, 2.05) is 6.92 Å². The minimum atomic E-state index is -0.0245. The van der Waals surface area contributed by atoms with Crippen LogP contribution in [-0.2, 0) is 4.79 Å². The van der Waals surface area contributed by atoms with Gasteiger partial charge in [-0.2, -0.15) is 0 Å². The molecule has 1 N–H and O–H groups in total. The Bertz CT molecular complexity index is 202. The molecular formula is C12H22BrNO. The highest BCUT2D eigenvalue weighted by atomic mass is 79.9. The van der Waals surface area contributed by atoms with Gasteiger partial charge in [-0.1, -0.05) is 42.1 Å². The van der Waals surface area contributed by atoms with Gasteiger partial charge in [-0.15, -0.1) is 0 Å². The zero-order chi connectivity index (χ0) is 11.3. The Labute approximate surface area is 101 Å². The second-order valence-electron chi connectivity index (χ2n) is 4.57. The second kappa shape index (κ2) is 6.51. The van der Waals surface area contributed by atoms with E-state index in [0.29, 0.717) is 12.0 Å². The molecule has 2 atom stereocenters. The van der Waals surface area contributed by atoms with E-state index in [2.05, 4.69) is 28.2 Å². The van der Waals surface area contributed by atoms with Gasteiger partial charge in [0.05, 0.1) is 4.83 Å². The minimum absolute atomic E-state index is 0.0245. The largest absolute Gasteiger partial charge is 0.352 e. The molecule has 0 aromatic heterocycles. The number of carbonyl (C=O) groups excluding carboxylic acids is 1. The lowest BCUT2D eigenvalue weighted by molar-refractivity contribution is -0.121. The maximum absolute atomic E-state index is 11.7. The van der Waals surface area contributed by atoms with Crippen molar-refractivity contribution in [3.63, 3.8) is 0 Å². The minimum Gasteiger partial charge on any atom is -0.352 e. The zero-order valence-corrected chi connectivity index (χ0v) is 11.3. The van der Waals surface area contributed by atoms with E-state index >= 15 is 0 Å². The molecule has 15 heavy (non-hydrogen) atoms. The topological polar surface area (TPSA) is 29.1 Å². The fraction of sp³-hybridized carbons (Fsp3) is 0.917. The van der Waals surface area contributed by atoms with Crippen molar-refractivity contribution in [2.45, 2.75) is 63.2 Å². The summed E-state index contributed by atoms with van der Waals surface area (Å²) >= 11 is 3.38. The number of rotatable bonds is 4. The van der Waals surface area contributed by atoms with E-state index in [0.717, 1.165) is 6.42 Å². The molecule has 3 heteroatoms. The average Bonchev–Trinajstić information content (AvgIpc) is 2.29. The van der Waals surface area contributed by atoms with Crippen molar-refractivity contribution < 1.29 is 4.79 Å². The quantitative estimate of drug-likeness (QED) is 0.785. The predicted molar refractivity (Wildman–Crippen MR) is 67.2 cm³/mol. The molecule has 1 rings (SSSR count). The maximum atomic E-state index is 11.7. The number of carbonyl (C=O) groups is 1. The summed E-state index contributed by atoms with van der Waals surface area (Å²) in [4.78, 5) is 11.6. The fourth-order valence-electron chi connectivity index (χ4n) is 2.25. The van der Waals surface area contributed by atoms with Crippen LogP contribution in [0, 0.1) is 5.92 Å². The van der Waals surface area contributed by atoms with Gasteiger partial charge in [-0.3, -0.25) is 4.79 Å². The standard InChI is InChI=1S/C12H22BrNO/c1-3-11(13)12(15)14-9(2)10-7-5-4-6-8-10/h9-11H,3-8H2,1-2H3,(H,14,15). The summed E-state index contributed by atoms with van der Waals surface area (Å²) in [6.45, 7) is 4.16. The Hall–Kier alpha value is -0.0500. The molecule has 0 saturated heterocycles.